The summed E-state index contributed by atoms with van der Waals surface area (Å²) >= 11 is 0. The Morgan fingerprint density at radius 3 is 2.41 bits per heavy atom. The average Bonchev–Trinajstić information content (AvgIpc) is 3.46. The van der Waals surface area contributed by atoms with E-state index < -0.39 is 23.1 Å². The molecule has 9 heteroatoms. The molecule has 0 N–H and O–H groups in total. The van der Waals surface area contributed by atoms with E-state index in [1.807, 2.05) is 0 Å². The van der Waals surface area contributed by atoms with Crippen LogP contribution < -0.4 is 4.74 Å². The second kappa shape index (κ2) is 7.62. The minimum Gasteiger partial charge on any atom is -0.459 e. The van der Waals surface area contributed by atoms with Gasteiger partial charge in [0, 0.05) is 41.7 Å². The zero-order valence-electron chi connectivity index (χ0n) is 16.1. The zero-order valence-corrected chi connectivity index (χ0v) is 16.9. The number of ether oxygens (including phenoxy) is 3. The Labute approximate surface area is 170 Å². The van der Waals surface area contributed by atoms with Gasteiger partial charge in [-0.1, -0.05) is 0 Å². The van der Waals surface area contributed by atoms with Crippen molar-refractivity contribution in [1.82, 2.24) is 4.90 Å². The van der Waals surface area contributed by atoms with Crippen molar-refractivity contribution in [3.63, 3.8) is 0 Å². The molecule has 0 radical (unpaired) electrons. The van der Waals surface area contributed by atoms with Gasteiger partial charge in [-0.25, -0.2) is 4.79 Å². The van der Waals surface area contributed by atoms with Crippen molar-refractivity contribution in [3.8, 4) is 5.75 Å². The molecule has 1 aliphatic carbocycles. The van der Waals surface area contributed by atoms with Crippen LogP contribution in [0.3, 0.4) is 0 Å². The third-order valence-electron chi connectivity index (χ3n) is 5.03. The Hall–Kier alpha value is -2.68. The molecule has 0 aromatic heterocycles. The topological polar surface area (TPSA) is 99.2 Å². The first kappa shape index (κ1) is 19.6. The van der Waals surface area contributed by atoms with Crippen LogP contribution in [0.15, 0.2) is 40.6 Å². The van der Waals surface area contributed by atoms with Gasteiger partial charge >= 0.3 is 11.9 Å². The second-order valence-electron chi connectivity index (χ2n) is 7.31. The van der Waals surface area contributed by atoms with Crippen LogP contribution in [0.4, 0.5) is 0 Å². The van der Waals surface area contributed by atoms with Crippen molar-refractivity contribution < 1.29 is 32.8 Å². The molecule has 2 unspecified atom stereocenters. The van der Waals surface area contributed by atoms with Crippen LogP contribution in [-0.2, 0) is 34.7 Å². The van der Waals surface area contributed by atoms with Crippen LogP contribution >= 0.6 is 0 Å². The maximum Gasteiger partial charge on any atom is 0.361 e. The van der Waals surface area contributed by atoms with Crippen molar-refractivity contribution in [2.24, 2.45) is 5.92 Å². The van der Waals surface area contributed by atoms with Crippen molar-refractivity contribution in [1.29, 1.82) is 0 Å². The van der Waals surface area contributed by atoms with Gasteiger partial charge in [0.15, 0.2) is 5.70 Å². The van der Waals surface area contributed by atoms with Crippen LogP contribution in [0, 0.1) is 5.92 Å². The molecular formula is C20H21NO7S. The summed E-state index contributed by atoms with van der Waals surface area (Å²) in [5.41, 5.74) is 0.0451. The van der Waals surface area contributed by atoms with Gasteiger partial charge in [-0.3, -0.25) is 18.7 Å². The third kappa shape index (κ3) is 4.05. The average molecular weight is 419 g/mol. The number of benzene rings is 1. The number of rotatable bonds is 7. The lowest BCUT2D eigenvalue weighted by Crippen LogP contribution is -2.50. The van der Waals surface area contributed by atoms with Gasteiger partial charge < -0.3 is 14.2 Å². The molecule has 0 bridgehead atoms. The maximum atomic E-state index is 12.7. The van der Waals surface area contributed by atoms with E-state index in [2.05, 4.69) is 0 Å². The van der Waals surface area contributed by atoms with Crippen molar-refractivity contribution in [2.75, 3.05) is 6.26 Å². The van der Waals surface area contributed by atoms with E-state index >= 15 is 0 Å². The fourth-order valence-electron chi connectivity index (χ4n) is 3.35. The molecule has 3 aliphatic rings. The number of carbonyl (C=O) groups is 3. The number of carbonyl (C=O) groups excluding carboxylic acids is 3. The standard InChI is InChI=1S/C20H21NO7S/c1-11(26-19(23)12-3-4-12)27-20(24)18-16(9-13-10-17(22)21(13)18)28-14-5-7-15(8-6-14)29(2)25/h5-8,11-13H,3-4,9-10H2,1-2H3/t11-,13?,29?/m1/s1. The summed E-state index contributed by atoms with van der Waals surface area (Å²) in [6.45, 7) is 1.47. The van der Waals surface area contributed by atoms with Gasteiger partial charge in [0.2, 0.25) is 12.2 Å². The van der Waals surface area contributed by atoms with E-state index in [1.54, 1.807) is 30.5 Å². The van der Waals surface area contributed by atoms with E-state index in [1.165, 1.54) is 11.8 Å². The lowest BCUT2D eigenvalue weighted by Gasteiger charge is -2.35. The van der Waals surface area contributed by atoms with Crippen LogP contribution in [0.5, 0.6) is 5.75 Å². The van der Waals surface area contributed by atoms with Crippen LogP contribution in [0.1, 0.15) is 32.6 Å². The fraction of sp³-hybridized carbons (Fsp3) is 0.450. The SMILES string of the molecule is C[C@@H](OC(=O)C1=C(Oc2ccc(S(C)=O)cc2)CC2CC(=O)N12)OC(=O)C1CC1. The molecule has 8 nitrogen and oxygen atoms in total. The number of esters is 2. The first-order chi connectivity index (χ1) is 13.8. The third-order valence-corrected chi connectivity index (χ3v) is 5.96. The van der Waals surface area contributed by atoms with Gasteiger partial charge in [0.1, 0.15) is 11.5 Å². The summed E-state index contributed by atoms with van der Waals surface area (Å²) in [5, 5.41) is 0. The molecule has 154 valence electrons. The number of nitrogens with zero attached hydrogens (tertiary/aromatic N) is 1. The number of amides is 1. The summed E-state index contributed by atoms with van der Waals surface area (Å²) in [4.78, 5) is 38.5. The van der Waals surface area contributed by atoms with Crippen LogP contribution in [0.2, 0.25) is 0 Å². The molecule has 2 heterocycles. The quantitative estimate of drug-likeness (QED) is 0.378. The highest BCUT2D eigenvalue weighted by atomic mass is 32.2. The maximum absolute atomic E-state index is 12.7. The van der Waals surface area contributed by atoms with Gasteiger partial charge in [0.25, 0.3) is 0 Å². The molecule has 1 aromatic carbocycles. The number of hydrogen-bond donors (Lipinski definition) is 0. The molecule has 2 fully saturated rings. The van der Waals surface area contributed by atoms with Gasteiger partial charge in [-0.05, 0) is 37.1 Å². The smallest absolute Gasteiger partial charge is 0.361 e. The van der Waals surface area contributed by atoms with E-state index in [9.17, 15) is 18.6 Å². The lowest BCUT2D eigenvalue weighted by molar-refractivity contribution is -0.185. The highest BCUT2D eigenvalue weighted by Crippen LogP contribution is 2.40. The first-order valence-corrected chi connectivity index (χ1v) is 11.0. The van der Waals surface area contributed by atoms with Crippen molar-refractivity contribution in [3.05, 3.63) is 35.7 Å². The largest absolute Gasteiger partial charge is 0.459 e. The second-order valence-corrected chi connectivity index (χ2v) is 8.69. The Bertz CT molecular complexity index is 919. The number of hydrogen-bond acceptors (Lipinski definition) is 7. The predicted molar refractivity (Wildman–Crippen MR) is 101 cm³/mol. The van der Waals surface area contributed by atoms with Crippen molar-refractivity contribution >= 4 is 28.6 Å². The monoisotopic (exact) mass is 419 g/mol. The molecule has 0 spiro atoms. The minimum absolute atomic E-state index is 0.0451. The molecule has 2 aliphatic heterocycles. The van der Waals surface area contributed by atoms with E-state index in [4.69, 9.17) is 14.2 Å². The molecule has 29 heavy (non-hydrogen) atoms. The van der Waals surface area contributed by atoms with Crippen LogP contribution in [0.25, 0.3) is 0 Å². The molecule has 4 rings (SSSR count). The highest BCUT2D eigenvalue weighted by molar-refractivity contribution is 7.84. The fourth-order valence-corrected chi connectivity index (χ4v) is 3.87. The Balaban J connectivity index is 1.49. The van der Waals surface area contributed by atoms with E-state index in [0.717, 1.165) is 12.8 Å². The Morgan fingerprint density at radius 2 is 1.83 bits per heavy atom. The lowest BCUT2D eigenvalue weighted by atomic mass is 10.0. The molecule has 1 amide bonds. The van der Waals surface area contributed by atoms with Gasteiger partial charge in [-0.2, -0.15) is 0 Å². The highest BCUT2D eigenvalue weighted by Gasteiger charge is 2.49. The Morgan fingerprint density at radius 1 is 1.14 bits per heavy atom. The number of fused-ring (bicyclic) bond motifs is 1. The van der Waals surface area contributed by atoms with Gasteiger partial charge in [-0.15, -0.1) is 0 Å². The summed E-state index contributed by atoms with van der Waals surface area (Å²) < 4.78 is 27.8. The Kier molecular flexibility index (Phi) is 5.16. The predicted octanol–water partition coefficient (Wildman–Crippen LogP) is 1.86. The molecule has 3 atom stereocenters. The van der Waals surface area contributed by atoms with E-state index in [-0.39, 0.29) is 29.5 Å². The summed E-state index contributed by atoms with van der Waals surface area (Å²) in [6.07, 6.45) is 2.83. The molecule has 1 saturated carbocycles. The summed E-state index contributed by atoms with van der Waals surface area (Å²) in [5.74, 6) is -0.645. The van der Waals surface area contributed by atoms with E-state index in [0.29, 0.717) is 29.2 Å². The van der Waals surface area contributed by atoms with Crippen molar-refractivity contribution in [2.45, 2.75) is 49.8 Å². The minimum atomic E-state index is -1.11. The summed E-state index contributed by atoms with van der Waals surface area (Å²) in [6, 6.07) is 6.54. The van der Waals surface area contributed by atoms with Crippen LogP contribution in [-0.4, -0.2) is 45.5 Å². The first-order valence-electron chi connectivity index (χ1n) is 9.41. The molecule has 1 saturated heterocycles. The molecule has 1 aromatic rings. The normalized spacial score (nSPS) is 22.5. The summed E-state index contributed by atoms with van der Waals surface area (Å²) in [7, 11) is -1.11. The zero-order chi connectivity index (χ0) is 20.7. The van der Waals surface area contributed by atoms with Gasteiger partial charge in [0.05, 0.1) is 12.0 Å². The number of β-lactam (4-membered cyclic amide) rings is 1. The molecular weight excluding hydrogens is 398 g/mol.